The molecule has 6 heteroatoms. The molecule has 2 aromatic carbocycles. The zero-order valence-electron chi connectivity index (χ0n) is 12.7. The van der Waals surface area contributed by atoms with E-state index in [0.29, 0.717) is 0 Å². The highest BCUT2D eigenvalue weighted by Crippen LogP contribution is 2.26. The van der Waals surface area contributed by atoms with Gasteiger partial charge in [0.15, 0.2) is 0 Å². The Kier molecular flexibility index (Phi) is 4.75. The molecule has 0 radical (unpaired) electrons. The molecule has 0 saturated carbocycles. The van der Waals surface area contributed by atoms with E-state index in [0.717, 1.165) is 0 Å². The fourth-order valence-electron chi connectivity index (χ4n) is 2.49. The SMILES string of the molecule is N#Cc1ccc(C#N)c(Cc2c(C#N)ccc(C#N)c2C#N)c1C#N. The summed E-state index contributed by atoms with van der Waals surface area (Å²) in [5.41, 5.74) is 1.11. The smallest absolute Gasteiger partial charge is 0.101 e. The van der Waals surface area contributed by atoms with Crippen molar-refractivity contribution < 1.29 is 0 Å². The lowest BCUT2D eigenvalue weighted by Crippen LogP contribution is -2.05. The van der Waals surface area contributed by atoms with Gasteiger partial charge in [0.2, 0.25) is 0 Å². The van der Waals surface area contributed by atoms with E-state index in [-0.39, 0.29) is 50.9 Å². The number of benzene rings is 2. The first-order valence-electron chi connectivity index (χ1n) is 6.87. The molecule has 6 nitrogen and oxygen atoms in total. The Morgan fingerprint density at radius 3 is 1.08 bits per heavy atom. The average Bonchev–Trinajstić information content (AvgIpc) is 2.66. The average molecular weight is 318 g/mol. The van der Waals surface area contributed by atoms with Crippen LogP contribution in [0.15, 0.2) is 24.3 Å². The Morgan fingerprint density at radius 1 is 0.480 bits per heavy atom. The summed E-state index contributed by atoms with van der Waals surface area (Å²) >= 11 is 0. The van der Waals surface area contributed by atoms with Crippen molar-refractivity contribution in [1.82, 2.24) is 0 Å². The number of hydrogen-bond donors (Lipinski definition) is 0. The number of rotatable bonds is 2. The van der Waals surface area contributed by atoms with Crippen molar-refractivity contribution in [2.45, 2.75) is 6.42 Å². The van der Waals surface area contributed by atoms with E-state index in [1.54, 1.807) is 0 Å². The van der Waals surface area contributed by atoms with Gasteiger partial charge >= 0.3 is 0 Å². The fourth-order valence-corrected chi connectivity index (χ4v) is 2.49. The van der Waals surface area contributed by atoms with Crippen LogP contribution in [-0.2, 0) is 6.42 Å². The van der Waals surface area contributed by atoms with Gasteiger partial charge in [0.05, 0.1) is 45.5 Å². The van der Waals surface area contributed by atoms with Crippen LogP contribution in [0.25, 0.3) is 0 Å². The highest BCUT2D eigenvalue weighted by atomic mass is 14.3. The van der Waals surface area contributed by atoms with Gasteiger partial charge in [-0.3, -0.25) is 0 Å². The van der Waals surface area contributed by atoms with Crippen molar-refractivity contribution in [3.63, 3.8) is 0 Å². The summed E-state index contributed by atoms with van der Waals surface area (Å²) < 4.78 is 0. The van der Waals surface area contributed by atoms with Crippen LogP contribution >= 0.6 is 0 Å². The first kappa shape index (κ1) is 16.7. The Bertz CT molecular complexity index is 1040. The van der Waals surface area contributed by atoms with E-state index < -0.39 is 0 Å². The molecular weight excluding hydrogens is 312 g/mol. The van der Waals surface area contributed by atoms with Crippen LogP contribution < -0.4 is 0 Å². The Balaban J connectivity index is 2.84. The largest absolute Gasteiger partial charge is 0.192 e. The second-order valence-electron chi connectivity index (χ2n) is 4.88. The zero-order chi connectivity index (χ0) is 18.4. The minimum absolute atomic E-state index is 0.0247. The lowest BCUT2D eigenvalue weighted by Gasteiger charge is -2.11. The molecule has 0 bridgehead atoms. The molecule has 0 saturated heterocycles. The Labute approximate surface area is 143 Å². The maximum atomic E-state index is 9.39. The summed E-state index contributed by atoms with van der Waals surface area (Å²) in [6.45, 7) is 0. The third-order valence-corrected chi connectivity index (χ3v) is 3.68. The topological polar surface area (TPSA) is 143 Å². The molecule has 0 aliphatic heterocycles. The predicted molar refractivity (Wildman–Crippen MR) is 84.0 cm³/mol. The van der Waals surface area contributed by atoms with Gasteiger partial charge in [0.1, 0.15) is 24.3 Å². The van der Waals surface area contributed by atoms with Gasteiger partial charge < -0.3 is 0 Å². The van der Waals surface area contributed by atoms with Crippen LogP contribution in [0.1, 0.15) is 44.5 Å². The number of hydrogen-bond acceptors (Lipinski definition) is 6. The molecule has 0 atom stereocenters. The molecule has 25 heavy (non-hydrogen) atoms. The first-order chi connectivity index (χ1) is 12.1. The lowest BCUT2D eigenvalue weighted by molar-refractivity contribution is 1.13. The Morgan fingerprint density at radius 2 is 0.800 bits per heavy atom. The van der Waals surface area contributed by atoms with Gasteiger partial charge in [-0.1, -0.05) is 0 Å². The summed E-state index contributed by atoms with van der Waals surface area (Å²) in [4.78, 5) is 0. The quantitative estimate of drug-likeness (QED) is 0.832. The fraction of sp³-hybridized carbons (Fsp3) is 0.0526. The minimum atomic E-state index is -0.0807. The van der Waals surface area contributed by atoms with Crippen LogP contribution in [0, 0.1) is 68.0 Å². The van der Waals surface area contributed by atoms with Crippen LogP contribution in [0.4, 0.5) is 0 Å². The van der Waals surface area contributed by atoms with E-state index in [1.807, 2.05) is 36.4 Å². The second-order valence-corrected chi connectivity index (χ2v) is 4.88. The minimum Gasteiger partial charge on any atom is -0.192 e. The summed E-state index contributed by atoms with van der Waals surface area (Å²) in [6.07, 6.45) is -0.0807. The Hall–Kier alpha value is -4.62. The van der Waals surface area contributed by atoms with Gasteiger partial charge in [0, 0.05) is 6.42 Å². The van der Waals surface area contributed by atoms with Gasteiger partial charge in [-0.25, -0.2) is 0 Å². The highest BCUT2D eigenvalue weighted by Gasteiger charge is 2.19. The first-order valence-corrected chi connectivity index (χ1v) is 6.87. The number of nitriles is 6. The van der Waals surface area contributed by atoms with Crippen molar-refractivity contribution >= 4 is 0 Å². The van der Waals surface area contributed by atoms with E-state index in [1.165, 1.54) is 24.3 Å². The summed E-state index contributed by atoms with van der Waals surface area (Å²) in [6, 6.07) is 17.1. The van der Waals surface area contributed by atoms with Crippen molar-refractivity contribution in [1.29, 1.82) is 31.6 Å². The van der Waals surface area contributed by atoms with Crippen LogP contribution in [0.5, 0.6) is 0 Å². The lowest BCUT2D eigenvalue weighted by atomic mass is 9.88. The summed E-state index contributed by atoms with van der Waals surface area (Å²) in [5.74, 6) is 0. The van der Waals surface area contributed by atoms with Crippen LogP contribution in [-0.4, -0.2) is 0 Å². The standard InChI is InChI=1S/C19H6N6/c20-6-12-1-3-14(8-22)18(10-24)16(12)5-17-13(7-21)2-4-15(9-23)19(17)11-25/h1-4H,5H2. The molecule has 2 rings (SSSR count). The molecule has 0 aliphatic carbocycles. The third kappa shape index (κ3) is 2.84. The van der Waals surface area contributed by atoms with Crippen molar-refractivity contribution in [2.24, 2.45) is 0 Å². The number of nitrogens with zero attached hydrogens (tertiary/aromatic N) is 6. The molecule has 0 N–H and O–H groups in total. The summed E-state index contributed by atoms with van der Waals surface area (Å²) in [7, 11) is 0. The molecule has 0 amide bonds. The van der Waals surface area contributed by atoms with Gasteiger partial charge in [-0.05, 0) is 35.4 Å². The van der Waals surface area contributed by atoms with E-state index in [4.69, 9.17) is 10.5 Å². The van der Waals surface area contributed by atoms with Gasteiger partial charge in [-0.2, -0.15) is 31.6 Å². The molecule has 112 valence electrons. The normalized spacial score (nSPS) is 8.72. The summed E-state index contributed by atoms with van der Waals surface area (Å²) in [5, 5.41) is 55.7. The van der Waals surface area contributed by atoms with Crippen LogP contribution in [0.3, 0.4) is 0 Å². The molecule has 0 aliphatic rings. The molecule has 0 fully saturated rings. The maximum Gasteiger partial charge on any atom is 0.101 e. The van der Waals surface area contributed by atoms with E-state index in [9.17, 15) is 21.0 Å². The van der Waals surface area contributed by atoms with Gasteiger partial charge in [-0.15, -0.1) is 0 Å². The molecule has 2 aromatic rings. The molecule has 0 aromatic heterocycles. The monoisotopic (exact) mass is 318 g/mol. The van der Waals surface area contributed by atoms with Crippen molar-refractivity contribution in [2.75, 3.05) is 0 Å². The highest BCUT2D eigenvalue weighted by molar-refractivity contribution is 5.62. The van der Waals surface area contributed by atoms with E-state index >= 15 is 0 Å². The molecule has 0 heterocycles. The third-order valence-electron chi connectivity index (χ3n) is 3.68. The van der Waals surface area contributed by atoms with Crippen LogP contribution in [0.2, 0.25) is 0 Å². The maximum absolute atomic E-state index is 9.39. The second kappa shape index (κ2) is 7.09. The molecular formula is C19H6N6. The van der Waals surface area contributed by atoms with Crippen molar-refractivity contribution in [3.05, 3.63) is 68.8 Å². The van der Waals surface area contributed by atoms with Crippen molar-refractivity contribution in [3.8, 4) is 36.4 Å². The van der Waals surface area contributed by atoms with E-state index in [2.05, 4.69) is 0 Å². The molecule has 0 spiro atoms. The predicted octanol–water partition coefficient (Wildman–Crippen LogP) is 2.51. The van der Waals surface area contributed by atoms with Gasteiger partial charge in [0.25, 0.3) is 0 Å². The zero-order valence-corrected chi connectivity index (χ0v) is 12.7. The molecule has 0 unspecified atom stereocenters.